The largest absolute Gasteiger partial charge is 0.480 e. The van der Waals surface area contributed by atoms with Crippen molar-refractivity contribution < 1.29 is 24.2 Å². The molecule has 1 saturated heterocycles. The van der Waals surface area contributed by atoms with Gasteiger partial charge in [0.1, 0.15) is 11.6 Å². The number of carbonyl (C=O) groups is 3. The van der Waals surface area contributed by atoms with Crippen molar-refractivity contribution in [3.05, 3.63) is 33.8 Å². The molecule has 148 valence electrons. The number of piperidine rings is 1. The van der Waals surface area contributed by atoms with E-state index in [-0.39, 0.29) is 23.9 Å². The van der Waals surface area contributed by atoms with Crippen LogP contribution in [0.2, 0.25) is 10.0 Å². The van der Waals surface area contributed by atoms with Crippen LogP contribution in [0.5, 0.6) is 0 Å². The van der Waals surface area contributed by atoms with Crippen LogP contribution >= 0.6 is 23.2 Å². The Morgan fingerprint density at radius 2 is 1.85 bits per heavy atom. The van der Waals surface area contributed by atoms with Crippen molar-refractivity contribution in [2.75, 3.05) is 6.54 Å². The summed E-state index contributed by atoms with van der Waals surface area (Å²) in [5, 5.41) is 12.8. The Balaban J connectivity index is 2.10. The Bertz CT molecular complexity index is 748. The standard InChI is InChI=1S/C18H22Cl2N2O5/c1-18(2,3)27-17(26)22-9-11(5-7-14(22)16(24)25)21-15(23)10-4-6-12(19)13(20)8-10/h4,6,8,11,14H,5,7,9H2,1-3H3,(H,21,23)(H,24,25)/t11-,14+/m1/s1. The lowest BCUT2D eigenvalue weighted by molar-refractivity contribution is -0.144. The van der Waals surface area contributed by atoms with E-state index in [1.807, 2.05) is 0 Å². The minimum absolute atomic E-state index is 0.0406. The Morgan fingerprint density at radius 3 is 2.41 bits per heavy atom. The highest BCUT2D eigenvalue weighted by Gasteiger charge is 2.38. The molecule has 0 bridgehead atoms. The van der Waals surface area contributed by atoms with Crippen LogP contribution in [0.1, 0.15) is 44.0 Å². The maximum atomic E-state index is 12.4. The fourth-order valence-corrected chi connectivity index (χ4v) is 3.07. The van der Waals surface area contributed by atoms with E-state index in [0.29, 0.717) is 17.0 Å². The molecule has 1 heterocycles. The van der Waals surface area contributed by atoms with Gasteiger partial charge in [-0.2, -0.15) is 0 Å². The first-order valence-corrected chi connectivity index (χ1v) is 9.22. The van der Waals surface area contributed by atoms with Crippen LogP contribution < -0.4 is 5.32 Å². The molecule has 0 aliphatic carbocycles. The number of nitrogens with zero attached hydrogens (tertiary/aromatic N) is 1. The number of hydrogen-bond donors (Lipinski definition) is 2. The summed E-state index contributed by atoms with van der Waals surface area (Å²) < 4.78 is 5.30. The quantitative estimate of drug-likeness (QED) is 0.784. The van der Waals surface area contributed by atoms with Crippen molar-refractivity contribution in [3.8, 4) is 0 Å². The SMILES string of the molecule is CC(C)(C)OC(=O)N1C[C@H](NC(=O)c2ccc(Cl)c(Cl)c2)CC[C@H]1C(=O)O. The first-order valence-electron chi connectivity index (χ1n) is 8.46. The van der Waals surface area contributed by atoms with E-state index >= 15 is 0 Å². The number of aliphatic carboxylic acids is 1. The summed E-state index contributed by atoms with van der Waals surface area (Å²) >= 11 is 11.8. The second-order valence-corrected chi connectivity index (χ2v) is 8.18. The Morgan fingerprint density at radius 1 is 1.19 bits per heavy atom. The molecule has 1 aromatic rings. The lowest BCUT2D eigenvalue weighted by atomic mass is 9.98. The number of halogens is 2. The summed E-state index contributed by atoms with van der Waals surface area (Å²) in [6, 6.07) is 3.12. The average molecular weight is 417 g/mol. The van der Waals surface area contributed by atoms with Gasteiger partial charge in [0.05, 0.1) is 10.0 Å². The molecule has 2 N–H and O–H groups in total. The molecule has 2 amide bonds. The summed E-state index contributed by atoms with van der Waals surface area (Å²) in [7, 11) is 0. The number of carbonyl (C=O) groups excluding carboxylic acids is 2. The number of hydrogen-bond acceptors (Lipinski definition) is 4. The highest BCUT2D eigenvalue weighted by atomic mass is 35.5. The van der Waals surface area contributed by atoms with E-state index in [1.165, 1.54) is 18.2 Å². The third-order valence-electron chi connectivity index (χ3n) is 4.01. The van der Waals surface area contributed by atoms with E-state index in [2.05, 4.69) is 5.32 Å². The molecule has 0 spiro atoms. The van der Waals surface area contributed by atoms with Gasteiger partial charge in [-0.25, -0.2) is 9.59 Å². The Kier molecular flexibility index (Phi) is 6.59. The van der Waals surface area contributed by atoms with Crippen LogP contribution in [0, 0.1) is 0 Å². The molecule has 0 aromatic heterocycles. The van der Waals surface area contributed by atoms with Gasteiger partial charge in [0.15, 0.2) is 0 Å². The molecule has 2 rings (SSSR count). The number of benzene rings is 1. The van der Waals surface area contributed by atoms with E-state index in [9.17, 15) is 19.5 Å². The molecule has 1 aliphatic rings. The van der Waals surface area contributed by atoms with Gasteiger partial charge in [-0.1, -0.05) is 23.2 Å². The Hall–Kier alpha value is -1.99. The van der Waals surface area contributed by atoms with Crippen molar-refractivity contribution in [1.82, 2.24) is 10.2 Å². The van der Waals surface area contributed by atoms with Gasteiger partial charge in [-0.3, -0.25) is 9.69 Å². The topological polar surface area (TPSA) is 95.9 Å². The molecule has 2 atom stereocenters. The maximum absolute atomic E-state index is 12.4. The number of rotatable bonds is 3. The van der Waals surface area contributed by atoms with Gasteiger partial charge in [-0.15, -0.1) is 0 Å². The van der Waals surface area contributed by atoms with Crippen LogP contribution in [0.15, 0.2) is 18.2 Å². The zero-order valence-corrected chi connectivity index (χ0v) is 16.8. The molecule has 0 saturated carbocycles. The number of likely N-dealkylation sites (tertiary alicyclic amines) is 1. The van der Waals surface area contributed by atoms with E-state index in [4.69, 9.17) is 27.9 Å². The highest BCUT2D eigenvalue weighted by molar-refractivity contribution is 6.42. The molecule has 0 unspecified atom stereocenters. The second-order valence-electron chi connectivity index (χ2n) is 7.36. The van der Waals surface area contributed by atoms with Crippen molar-refractivity contribution in [2.24, 2.45) is 0 Å². The van der Waals surface area contributed by atoms with Gasteiger partial charge in [-0.05, 0) is 51.8 Å². The summed E-state index contributed by atoms with van der Waals surface area (Å²) in [6.07, 6.45) is -0.0899. The van der Waals surface area contributed by atoms with Gasteiger partial charge in [0.2, 0.25) is 0 Å². The summed E-state index contributed by atoms with van der Waals surface area (Å²) in [4.78, 5) is 37.5. The molecule has 7 nitrogen and oxygen atoms in total. The molecule has 27 heavy (non-hydrogen) atoms. The summed E-state index contributed by atoms with van der Waals surface area (Å²) in [6.45, 7) is 5.15. The van der Waals surface area contributed by atoms with Crippen LogP contribution in [0.4, 0.5) is 4.79 Å². The average Bonchev–Trinajstić information content (AvgIpc) is 2.55. The molecule has 9 heteroatoms. The minimum Gasteiger partial charge on any atom is -0.480 e. The van der Waals surface area contributed by atoms with Crippen molar-refractivity contribution >= 4 is 41.2 Å². The van der Waals surface area contributed by atoms with Gasteiger partial charge in [0, 0.05) is 18.2 Å². The molecular formula is C18H22Cl2N2O5. The smallest absolute Gasteiger partial charge is 0.411 e. The number of carboxylic acid groups (broad SMARTS) is 1. The van der Waals surface area contributed by atoms with Crippen molar-refractivity contribution in [2.45, 2.75) is 51.3 Å². The van der Waals surface area contributed by atoms with E-state index < -0.39 is 29.7 Å². The monoisotopic (exact) mass is 416 g/mol. The third kappa shape index (κ3) is 5.74. The van der Waals surface area contributed by atoms with E-state index in [0.717, 1.165) is 4.90 Å². The van der Waals surface area contributed by atoms with Crippen LogP contribution in [-0.4, -0.2) is 52.2 Å². The third-order valence-corrected chi connectivity index (χ3v) is 4.75. The summed E-state index contributed by atoms with van der Waals surface area (Å²) in [5.41, 5.74) is -0.426. The van der Waals surface area contributed by atoms with Crippen molar-refractivity contribution in [1.29, 1.82) is 0 Å². The molecule has 1 aliphatic heterocycles. The second kappa shape index (κ2) is 8.35. The molecular weight excluding hydrogens is 395 g/mol. The normalized spacial score (nSPS) is 20.1. The fourth-order valence-electron chi connectivity index (χ4n) is 2.77. The maximum Gasteiger partial charge on any atom is 0.411 e. The van der Waals surface area contributed by atoms with Crippen LogP contribution in [-0.2, 0) is 9.53 Å². The fraction of sp³-hybridized carbons (Fsp3) is 0.500. The van der Waals surface area contributed by atoms with Crippen LogP contribution in [0.25, 0.3) is 0 Å². The zero-order valence-electron chi connectivity index (χ0n) is 15.3. The van der Waals surface area contributed by atoms with Gasteiger partial charge < -0.3 is 15.2 Å². The molecule has 1 aromatic carbocycles. The van der Waals surface area contributed by atoms with Crippen LogP contribution in [0.3, 0.4) is 0 Å². The highest BCUT2D eigenvalue weighted by Crippen LogP contribution is 2.24. The molecule has 1 fully saturated rings. The number of nitrogens with one attached hydrogen (secondary N) is 1. The lowest BCUT2D eigenvalue weighted by Gasteiger charge is -2.38. The lowest BCUT2D eigenvalue weighted by Crippen LogP contribution is -2.57. The summed E-state index contributed by atoms with van der Waals surface area (Å²) in [5.74, 6) is -1.48. The number of carboxylic acids is 1. The first-order chi connectivity index (χ1) is 12.5. The zero-order chi connectivity index (χ0) is 20.4. The minimum atomic E-state index is -1.10. The predicted molar refractivity (Wildman–Crippen MR) is 101 cm³/mol. The number of amides is 2. The first kappa shape index (κ1) is 21.3. The van der Waals surface area contributed by atoms with Crippen molar-refractivity contribution in [3.63, 3.8) is 0 Å². The van der Waals surface area contributed by atoms with E-state index in [1.54, 1.807) is 20.8 Å². The van der Waals surface area contributed by atoms with Gasteiger partial charge in [0.25, 0.3) is 5.91 Å². The Labute approximate surface area is 167 Å². The van der Waals surface area contributed by atoms with Gasteiger partial charge >= 0.3 is 12.1 Å². The number of ether oxygens (including phenoxy) is 1. The predicted octanol–water partition coefficient (Wildman–Crippen LogP) is 3.58. The molecule has 0 radical (unpaired) electrons.